The van der Waals surface area contributed by atoms with Crippen molar-refractivity contribution >= 4 is 11.8 Å². The topological polar surface area (TPSA) is 63.4 Å². The number of amides is 2. The number of rotatable bonds is 5. The molecule has 1 unspecified atom stereocenters. The van der Waals surface area contributed by atoms with Gasteiger partial charge in [0.1, 0.15) is 0 Å². The molecule has 4 nitrogen and oxygen atoms in total. The van der Waals surface area contributed by atoms with Crippen molar-refractivity contribution in [1.82, 2.24) is 4.90 Å². The second-order valence-corrected chi connectivity index (χ2v) is 5.23. The highest BCUT2D eigenvalue weighted by molar-refractivity contribution is 6.05. The second kappa shape index (κ2) is 5.65. The third kappa shape index (κ3) is 2.21. The summed E-state index contributed by atoms with van der Waals surface area (Å²) in [4.78, 5) is 26.1. The van der Waals surface area contributed by atoms with E-state index in [1.807, 2.05) is 12.2 Å². The fourth-order valence-corrected chi connectivity index (χ4v) is 2.98. The van der Waals surface area contributed by atoms with Gasteiger partial charge in [-0.25, -0.2) is 0 Å². The van der Waals surface area contributed by atoms with E-state index in [4.69, 9.17) is 5.73 Å². The first-order chi connectivity index (χ1) is 8.70. The molecule has 1 fully saturated rings. The molecule has 100 valence electrons. The summed E-state index contributed by atoms with van der Waals surface area (Å²) in [7, 11) is 0. The van der Waals surface area contributed by atoms with Gasteiger partial charge in [0.15, 0.2) is 0 Å². The average molecular weight is 250 g/mol. The van der Waals surface area contributed by atoms with Gasteiger partial charge in [-0.05, 0) is 19.3 Å². The minimum atomic E-state index is -0.127. The van der Waals surface area contributed by atoms with E-state index in [1.165, 1.54) is 4.90 Å². The van der Waals surface area contributed by atoms with Crippen molar-refractivity contribution in [2.24, 2.45) is 17.6 Å². The first kappa shape index (κ1) is 13.3. The van der Waals surface area contributed by atoms with E-state index in [0.717, 1.165) is 19.3 Å². The van der Waals surface area contributed by atoms with Crippen molar-refractivity contribution < 1.29 is 9.59 Å². The summed E-state index contributed by atoms with van der Waals surface area (Å²) in [6.45, 7) is 2.48. The van der Waals surface area contributed by atoms with Gasteiger partial charge in [-0.2, -0.15) is 0 Å². The van der Waals surface area contributed by atoms with Crippen LogP contribution in [0.2, 0.25) is 0 Å². The molecule has 4 heteroatoms. The Bertz CT molecular complexity index is 339. The van der Waals surface area contributed by atoms with E-state index in [0.29, 0.717) is 19.4 Å². The monoisotopic (exact) mass is 250 g/mol. The summed E-state index contributed by atoms with van der Waals surface area (Å²) in [5.74, 6) is -0.252. The molecule has 0 aromatic rings. The second-order valence-electron chi connectivity index (χ2n) is 5.23. The van der Waals surface area contributed by atoms with Crippen LogP contribution in [0.4, 0.5) is 0 Å². The molecular formula is C14H22N2O2. The van der Waals surface area contributed by atoms with E-state index >= 15 is 0 Å². The summed E-state index contributed by atoms with van der Waals surface area (Å²) in [6.07, 6.45) is 8.33. The third-order valence-electron chi connectivity index (χ3n) is 4.07. The Morgan fingerprint density at radius 2 is 1.83 bits per heavy atom. The summed E-state index contributed by atoms with van der Waals surface area (Å²) < 4.78 is 0. The Balaban J connectivity index is 2.13. The van der Waals surface area contributed by atoms with Gasteiger partial charge in [0.05, 0.1) is 17.9 Å². The van der Waals surface area contributed by atoms with E-state index < -0.39 is 0 Å². The highest BCUT2D eigenvalue weighted by Gasteiger charge is 2.49. The minimum absolute atomic E-state index is 0.000836. The quantitative estimate of drug-likeness (QED) is 0.593. The fourth-order valence-electron chi connectivity index (χ4n) is 2.98. The number of nitrogens with zero attached hydrogens (tertiary/aromatic N) is 1. The largest absolute Gasteiger partial charge is 0.328 e. The first-order valence-corrected chi connectivity index (χ1v) is 6.92. The van der Waals surface area contributed by atoms with Crippen LogP contribution in [0.5, 0.6) is 0 Å². The molecule has 1 saturated heterocycles. The molecule has 0 bridgehead atoms. The molecule has 18 heavy (non-hydrogen) atoms. The van der Waals surface area contributed by atoms with Crippen LogP contribution in [0.3, 0.4) is 0 Å². The molecule has 0 saturated carbocycles. The Morgan fingerprint density at radius 3 is 2.28 bits per heavy atom. The zero-order valence-corrected chi connectivity index (χ0v) is 11.0. The Kier molecular flexibility index (Phi) is 4.17. The molecule has 2 rings (SSSR count). The van der Waals surface area contributed by atoms with Crippen molar-refractivity contribution in [3.63, 3.8) is 0 Å². The van der Waals surface area contributed by atoms with E-state index in [-0.39, 0.29) is 29.7 Å². The van der Waals surface area contributed by atoms with Crippen LogP contribution in [0.15, 0.2) is 12.2 Å². The molecule has 0 spiro atoms. The fraction of sp³-hybridized carbons (Fsp3) is 0.714. The standard InChI is InChI=1S/C14H22N2O2/c1-2-3-6-10(9-15)16-13(17)11-7-4-5-8-12(11)14(16)18/h4-5,10-12H,2-3,6-9,15H2,1H3/t10?,11-,12+. The van der Waals surface area contributed by atoms with E-state index in [2.05, 4.69) is 6.92 Å². The predicted octanol–water partition coefficient (Wildman–Crippen LogP) is 1.46. The van der Waals surface area contributed by atoms with Crippen LogP contribution in [-0.2, 0) is 9.59 Å². The lowest BCUT2D eigenvalue weighted by molar-refractivity contribution is -0.142. The minimum Gasteiger partial charge on any atom is -0.328 e. The van der Waals surface area contributed by atoms with Crippen LogP contribution in [0.25, 0.3) is 0 Å². The molecule has 2 N–H and O–H groups in total. The van der Waals surface area contributed by atoms with Crippen LogP contribution < -0.4 is 5.73 Å². The van der Waals surface area contributed by atoms with Crippen molar-refractivity contribution in [3.05, 3.63) is 12.2 Å². The predicted molar refractivity (Wildman–Crippen MR) is 69.6 cm³/mol. The van der Waals surface area contributed by atoms with Crippen molar-refractivity contribution in [2.45, 2.75) is 45.1 Å². The summed E-state index contributed by atoms with van der Waals surface area (Å²) >= 11 is 0. The average Bonchev–Trinajstić information content (AvgIpc) is 2.65. The zero-order valence-electron chi connectivity index (χ0n) is 11.0. The Morgan fingerprint density at radius 1 is 1.28 bits per heavy atom. The lowest BCUT2D eigenvalue weighted by Gasteiger charge is -2.25. The van der Waals surface area contributed by atoms with Crippen molar-refractivity contribution in [3.8, 4) is 0 Å². The molecule has 2 amide bonds. The van der Waals surface area contributed by atoms with Crippen molar-refractivity contribution in [1.29, 1.82) is 0 Å². The van der Waals surface area contributed by atoms with Gasteiger partial charge >= 0.3 is 0 Å². The van der Waals surface area contributed by atoms with Crippen LogP contribution in [0, 0.1) is 11.8 Å². The number of carbonyl (C=O) groups is 2. The van der Waals surface area contributed by atoms with E-state index in [9.17, 15) is 9.59 Å². The van der Waals surface area contributed by atoms with Gasteiger partial charge in [0.25, 0.3) is 0 Å². The molecular weight excluding hydrogens is 228 g/mol. The third-order valence-corrected chi connectivity index (χ3v) is 4.07. The number of imide groups is 1. The maximum atomic E-state index is 12.3. The first-order valence-electron chi connectivity index (χ1n) is 6.92. The van der Waals surface area contributed by atoms with Gasteiger partial charge in [-0.1, -0.05) is 31.9 Å². The number of allylic oxidation sites excluding steroid dienone is 2. The SMILES string of the molecule is CCCCC(CN)N1C(=O)[C@H]2CC=CC[C@H]2C1=O. The van der Waals surface area contributed by atoms with Crippen LogP contribution >= 0.6 is 0 Å². The summed E-state index contributed by atoms with van der Waals surface area (Å²) in [6, 6.07) is -0.101. The Hall–Kier alpha value is -1.16. The van der Waals surface area contributed by atoms with Crippen LogP contribution in [0.1, 0.15) is 39.0 Å². The van der Waals surface area contributed by atoms with Crippen molar-refractivity contribution in [2.75, 3.05) is 6.54 Å². The maximum Gasteiger partial charge on any atom is 0.233 e. The number of likely N-dealkylation sites (tertiary alicyclic amines) is 1. The highest BCUT2D eigenvalue weighted by atomic mass is 16.2. The molecule has 1 aliphatic heterocycles. The normalized spacial score (nSPS) is 28.7. The van der Waals surface area contributed by atoms with Gasteiger partial charge < -0.3 is 5.73 Å². The zero-order chi connectivity index (χ0) is 13.1. The lowest BCUT2D eigenvalue weighted by atomic mass is 9.85. The number of unbranched alkanes of at least 4 members (excludes halogenated alkanes) is 1. The van der Waals surface area contributed by atoms with Gasteiger partial charge in [-0.3, -0.25) is 14.5 Å². The molecule has 2 aliphatic rings. The number of hydrogen-bond acceptors (Lipinski definition) is 3. The molecule has 1 aliphatic carbocycles. The molecule has 0 aromatic carbocycles. The molecule has 1 heterocycles. The molecule has 0 radical (unpaired) electrons. The lowest BCUT2D eigenvalue weighted by Crippen LogP contribution is -2.45. The summed E-state index contributed by atoms with van der Waals surface area (Å²) in [5, 5.41) is 0. The smallest absolute Gasteiger partial charge is 0.233 e. The molecule has 3 atom stereocenters. The number of hydrogen-bond donors (Lipinski definition) is 1. The van der Waals surface area contributed by atoms with Crippen LogP contribution in [-0.4, -0.2) is 29.3 Å². The highest BCUT2D eigenvalue weighted by Crippen LogP contribution is 2.36. The van der Waals surface area contributed by atoms with E-state index in [1.54, 1.807) is 0 Å². The van der Waals surface area contributed by atoms with Gasteiger partial charge in [0, 0.05) is 6.54 Å². The maximum absolute atomic E-state index is 12.3. The number of fused-ring (bicyclic) bond motifs is 1. The number of carbonyl (C=O) groups excluding carboxylic acids is 2. The van der Waals surface area contributed by atoms with Gasteiger partial charge in [0.2, 0.25) is 11.8 Å². The van der Waals surface area contributed by atoms with Gasteiger partial charge in [-0.15, -0.1) is 0 Å². The number of nitrogens with two attached hydrogens (primary N) is 1. The Labute approximate surface area is 108 Å². The molecule has 0 aromatic heterocycles. The summed E-state index contributed by atoms with van der Waals surface area (Å²) in [5.41, 5.74) is 5.75.